The van der Waals surface area contributed by atoms with E-state index in [1.54, 1.807) is 0 Å². The Morgan fingerprint density at radius 2 is 1.52 bits per heavy atom. The number of carbonyl (C=O) groups excluding carboxylic acids is 1. The minimum absolute atomic E-state index is 0.270. The molecule has 25 heavy (non-hydrogen) atoms. The van der Waals surface area contributed by atoms with Gasteiger partial charge in [0.15, 0.2) is 5.78 Å². The topological polar surface area (TPSA) is 17.1 Å². The van der Waals surface area contributed by atoms with Gasteiger partial charge in [-0.1, -0.05) is 106 Å². The summed E-state index contributed by atoms with van der Waals surface area (Å²) >= 11 is 0. The minimum atomic E-state index is 0.270. The third kappa shape index (κ3) is 5.56. The van der Waals surface area contributed by atoms with Crippen LogP contribution in [0.2, 0.25) is 0 Å². The second-order valence-electron chi connectivity index (χ2n) is 7.54. The molecule has 132 valence electrons. The number of carbonyl (C=O) groups is 1. The van der Waals surface area contributed by atoms with Gasteiger partial charge >= 0.3 is 0 Å². The SMILES string of the molecule is O=C(CC(CCCC1CCCCC1)c1ccccc1)c1ccccc1. The van der Waals surface area contributed by atoms with Gasteiger partial charge in [0.05, 0.1) is 0 Å². The number of Topliss-reactive ketones (excluding diaryl/α,β-unsaturated/α-hetero) is 1. The predicted octanol–water partition coefficient (Wildman–Crippen LogP) is 6.79. The summed E-state index contributed by atoms with van der Waals surface area (Å²) in [6.45, 7) is 0. The molecule has 0 heterocycles. The lowest BCUT2D eigenvalue weighted by molar-refractivity contribution is 0.0971. The van der Waals surface area contributed by atoms with Gasteiger partial charge < -0.3 is 0 Å². The molecular weight excluding hydrogens is 304 g/mol. The number of hydrogen-bond donors (Lipinski definition) is 0. The molecule has 0 saturated heterocycles. The molecule has 1 unspecified atom stereocenters. The van der Waals surface area contributed by atoms with Crippen molar-refractivity contribution in [3.8, 4) is 0 Å². The second-order valence-corrected chi connectivity index (χ2v) is 7.54. The van der Waals surface area contributed by atoms with Gasteiger partial charge in [0.1, 0.15) is 0 Å². The molecular formula is C24H30O. The summed E-state index contributed by atoms with van der Waals surface area (Å²) in [5.74, 6) is 1.54. The van der Waals surface area contributed by atoms with Crippen molar-refractivity contribution in [2.45, 2.75) is 63.7 Å². The Labute approximate surface area is 152 Å². The third-order valence-corrected chi connectivity index (χ3v) is 5.69. The van der Waals surface area contributed by atoms with Crippen molar-refractivity contribution in [3.63, 3.8) is 0 Å². The van der Waals surface area contributed by atoms with Crippen LogP contribution in [0, 0.1) is 5.92 Å². The Morgan fingerprint density at radius 3 is 2.20 bits per heavy atom. The van der Waals surface area contributed by atoms with Gasteiger partial charge in [-0.25, -0.2) is 0 Å². The van der Waals surface area contributed by atoms with Crippen molar-refractivity contribution in [1.29, 1.82) is 0 Å². The van der Waals surface area contributed by atoms with E-state index in [-0.39, 0.29) is 5.78 Å². The smallest absolute Gasteiger partial charge is 0.163 e. The van der Waals surface area contributed by atoms with Crippen LogP contribution in [0.25, 0.3) is 0 Å². The fourth-order valence-electron chi connectivity index (χ4n) is 4.21. The summed E-state index contributed by atoms with van der Waals surface area (Å²) in [5.41, 5.74) is 2.16. The fourth-order valence-corrected chi connectivity index (χ4v) is 4.21. The average Bonchev–Trinajstić information content (AvgIpc) is 2.69. The van der Waals surface area contributed by atoms with Crippen LogP contribution in [-0.2, 0) is 0 Å². The lowest BCUT2D eigenvalue weighted by atomic mass is 9.82. The zero-order valence-corrected chi connectivity index (χ0v) is 15.2. The molecule has 1 aliphatic carbocycles. The molecule has 0 amide bonds. The van der Waals surface area contributed by atoms with Gasteiger partial charge in [0.25, 0.3) is 0 Å². The van der Waals surface area contributed by atoms with Crippen molar-refractivity contribution >= 4 is 5.78 Å². The van der Waals surface area contributed by atoms with Gasteiger partial charge in [-0.3, -0.25) is 4.79 Å². The largest absolute Gasteiger partial charge is 0.294 e. The summed E-state index contributed by atoms with van der Waals surface area (Å²) < 4.78 is 0. The minimum Gasteiger partial charge on any atom is -0.294 e. The van der Waals surface area contributed by atoms with Crippen molar-refractivity contribution < 1.29 is 4.79 Å². The van der Waals surface area contributed by atoms with Crippen LogP contribution in [-0.4, -0.2) is 5.78 Å². The molecule has 0 bridgehead atoms. The zero-order chi connectivity index (χ0) is 17.3. The molecule has 1 aliphatic rings. The molecule has 0 spiro atoms. The Morgan fingerprint density at radius 1 is 0.880 bits per heavy atom. The molecule has 0 aromatic heterocycles. The molecule has 1 atom stereocenters. The van der Waals surface area contributed by atoms with E-state index in [0.29, 0.717) is 12.3 Å². The highest BCUT2D eigenvalue weighted by molar-refractivity contribution is 5.96. The van der Waals surface area contributed by atoms with Crippen LogP contribution in [0.4, 0.5) is 0 Å². The van der Waals surface area contributed by atoms with Gasteiger partial charge in [0.2, 0.25) is 0 Å². The van der Waals surface area contributed by atoms with Crippen LogP contribution in [0.5, 0.6) is 0 Å². The maximum absolute atomic E-state index is 12.7. The molecule has 1 saturated carbocycles. The van der Waals surface area contributed by atoms with Crippen LogP contribution in [0.15, 0.2) is 60.7 Å². The van der Waals surface area contributed by atoms with E-state index in [1.807, 2.05) is 30.3 Å². The van der Waals surface area contributed by atoms with Crippen LogP contribution in [0.3, 0.4) is 0 Å². The normalized spacial score (nSPS) is 16.5. The number of ketones is 1. The van der Waals surface area contributed by atoms with Crippen molar-refractivity contribution in [3.05, 3.63) is 71.8 Å². The lowest BCUT2D eigenvalue weighted by Crippen LogP contribution is -2.10. The Balaban J connectivity index is 1.60. The number of rotatable bonds is 8. The Bertz CT molecular complexity index is 626. The van der Waals surface area contributed by atoms with E-state index >= 15 is 0 Å². The van der Waals surface area contributed by atoms with Gasteiger partial charge in [0, 0.05) is 12.0 Å². The van der Waals surface area contributed by atoms with Crippen molar-refractivity contribution in [2.24, 2.45) is 5.92 Å². The zero-order valence-electron chi connectivity index (χ0n) is 15.2. The molecule has 1 nitrogen and oxygen atoms in total. The first kappa shape index (κ1) is 17.9. The summed E-state index contributed by atoms with van der Waals surface area (Å²) in [6, 6.07) is 20.4. The maximum atomic E-state index is 12.7. The number of benzene rings is 2. The molecule has 2 aromatic carbocycles. The first-order valence-electron chi connectivity index (χ1n) is 9.96. The van der Waals surface area contributed by atoms with E-state index in [1.165, 1.54) is 50.5 Å². The molecule has 1 fully saturated rings. The van der Waals surface area contributed by atoms with Crippen LogP contribution < -0.4 is 0 Å². The molecule has 2 aromatic rings. The van der Waals surface area contributed by atoms with Crippen molar-refractivity contribution in [2.75, 3.05) is 0 Å². The second kappa shape index (κ2) is 9.56. The summed E-state index contributed by atoms with van der Waals surface area (Å²) in [6.07, 6.45) is 11.4. The van der Waals surface area contributed by atoms with Crippen LogP contribution in [0.1, 0.15) is 79.6 Å². The monoisotopic (exact) mass is 334 g/mol. The predicted molar refractivity (Wildman–Crippen MR) is 105 cm³/mol. The van der Waals surface area contributed by atoms with Gasteiger partial charge in [-0.05, 0) is 23.8 Å². The highest BCUT2D eigenvalue weighted by Crippen LogP contribution is 2.32. The van der Waals surface area contributed by atoms with Gasteiger partial charge in [-0.2, -0.15) is 0 Å². The maximum Gasteiger partial charge on any atom is 0.163 e. The molecule has 0 aliphatic heterocycles. The fraction of sp³-hybridized carbons (Fsp3) is 0.458. The molecule has 3 rings (SSSR count). The average molecular weight is 335 g/mol. The lowest BCUT2D eigenvalue weighted by Gasteiger charge is -2.23. The standard InChI is InChI=1S/C24H30O/c25-24(22-16-8-3-9-17-22)19-23(21-14-6-2-7-15-21)18-10-13-20-11-4-1-5-12-20/h2-3,6-9,14-17,20,23H,1,4-5,10-13,18-19H2. The van der Waals surface area contributed by atoms with E-state index in [4.69, 9.17) is 0 Å². The quantitative estimate of drug-likeness (QED) is 0.485. The Hall–Kier alpha value is -1.89. The summed E-state index contributed by atoms with van der Waals surface area (Å²) in [4.78, 5) is 12.7. The first-order chi connectivity index (χ1) is 12.3. The number of hydrogen-bond acceptors (Lipinski definition) is 1. The highest BCUT2D eigenvalue weighted by atomic mass is 16.1. The Kier molecular flexibility index (Phi) is 6.85. The first-order valence-corrected chi connectivity index (χ1v) is 9.96. The third-order valence-electron chi connectivity index (χ3n) is 5.69. The van der Waals surface area contributed by atoms with Gasteiger partial charge in [-0.15, -0.1) is 0 Å². The molecule has 1 heteroatoms. The van der Waals surface area contributed by atoms with E-state index in [9.17, 15) is 4.79 Å². The van der Waals surface area contributed by atoms with E-state index in [2.05, 4.69) is 30.3 Å². The summed E-state index contributed by atoms with van der Waals surface area (Å²) in [7, 11) is 0. The molecule has 0 radical (unpaired) electrons. The summed E-state index contributed by atoms with van der Waals surface area (Å²) in [5, 5.41) is 0. The van der Waals surface area contributed by atoms with Crippen molar-refractivity contribution in [1.82, 2.24) is 0 Å². The highest BCUT2D eigenvalue weighted by Gasteiger charge is 2.19. The van der Waals surface area contributed by atoms with Crippen LogP contribution >= 0.6 is 0 Å². The molecule has 0 N–H and O–H groups in total. The van der Waals surface area contributed by atoms with E-state index in [0.717, 1.165) is 17.9 Å². The van der Waals surface area contributed by atoms with E-state index < -0.39 is 0 Å².